The number of nitrogens with zero attached hydrogens (tertiary/aromatic N) is 4. The largest absolute Gasteiger partial charge is 0.353 e. The van der Waals surface area contributed by atoms with E-state index in [1.807, 2.05) is 50.0 Å². The third kappa shape index (κ3) is 5.94. The number of carbonyl (C=O) groups is 3. The molecule has 3 amide bonds. The van der Waals surface area contributed by atoms with Gasteiger partial charge in [-0.15, -0.1) is 0 Å². The van der Waals surface area contributed by atoms with Crippen molar-refractivity contribution in [2.75, 3.05) is 51.2 Å². The summed E-state index contributed by atoms with van der Waals surface area (Å²) < 4.78 is 0. The maximum Gasteiger partial charge on any atom is 0.256 e. The molecule has 198 valence electrons. The number of carbonyl (C=O) groups excluding carboxylic acids is 3. The van der Waals surface area contributed by atoms with E-state index < -0.39 is 0 Å². The quantitative estimate of drug-likeness (QED) is 0.453. The lowest BCUT2D eigenvalue weighted by atomic mass is 10.0. The van der Waals surface area contributed by atoms with Crippen LogP contribution in [0.3, 0.4) is 0 Å². The molecule has 37 heavy (non-hydrogen) atoms. The Bertz CT molecular complexity index is 1140. The van der Waals surface area contributed by atoms with Gasteiger partial charge >= 0.3 is 0 Å². The van der Waals surface area contributed by atoms with Crippen LogP contribution in [0.4, 0.5) is 5.69 Å². The van der Waals surface area contributed by atoms with Gasteiger partial charge in [0.2, 0.25) is 5.91 Å². The predicted molar refractivity (Wildman–Crippen MR) is 144 cm³/mol. The number of nitrogens with one attached hydrogen (secondary N) is 2. The van der Waals surface area contributed by atoms with E-state index in [0.29, 0.717) is 44.8 Å². The fourth-order valence-electron chi connectivity index (χ4n) is 5.00. The molecule has 0 aliphatic carbocycles. The van der Waals surface area contributed by atoms with Crippen molar-refractivity contribution >= 4 is 23.4 Å². The lowest BCUT2D eigenvalue weighted by Gasteiger charge is -2.32. The summed E-state index contributed by atoms with van der Waals surface area (Å²) in [5.41, 5.74) is 5.74. The first-order valence-corrected chi connectivity index (χ1v) is 13.1. The van der Waals surface area contributed by atoms with Crippen molar-refractivity contribution in [3.63, 3.8) is 0 Å². The highest BCUT2D eigenvalue weighted by atomic mass is 16.2. The van der Waals surface area contributed by atoms with Crippen molar-refractivity contribution < 1.29 is 14.4 Å². The minimum Gasteiger partial charge on any atom is -0.353 e. The van der Waals surface area contributed by atoms with Gasteiger partial charge in [0.05, 0.1) is 13.1 Å². The highest BCUT2D eigenvalue weighted by molar-refractivity contribution is 6.00. The number of likely N-dealkylation sites (N-methyl/N-ethyl adjacent to an activating group) is 2. The average Bonchev–Trinajstić information content (AvgIpc) is 3.45. The molecule has 2 heterocycles. The monoisotopic (exact) mass is 506 g/mol. The van der Waals surface area contributed by atoms with Crippen molar-refractivity contribution in [1.29, 1.82) is 0 Å². The number of rotatable bonds is 11. The highest BCUT2D eigenvalue weighted by Crippen LogP contribution is 2.31. The molecule has 0 saturated heterocycles. The van der Waals surface area contributed by atoms with E-state index in [1.54, 1.807) is 21.9 Å². The van der Waals surface area contributed by atoms with Crippen LogP contribution >= 0.6 is 0 Å². The van der Waals surface area contributed by atoms with E-state index in [2.05, 4.69) is 22.8 Å². The molecule has 0 radical (unpaired) electrons. The average molecular weight is 507 g/mol. The molecule has 0 unspecified atom stereocenters. The Morgan fingerprint density at radius 3 is 2.32 bits per heavy atom. The van der Waals surface area contributed by atoms with Crippen LogP contribution in [0, 0.1) is 6.92 Å². The highest BCUT2D eigenvalue weighted by Gasteiger charge is 2.30. The van der Waals surface area contributed by atoms with Crippen LogP contribution < -0.4 is 15.5 Å². The molecule has 9 nitrogen and oxygen atoms in total. The van der Waals surface area contributed by atoms with Gasteiger partial charge in [0.25, 0.3) is 11.8 Å². The van der Waals surface area contributed by atoms with E-state index in [0.717, 1.165) is 23.4 Å². The first-order valence-electron chi connectivity index (χ1n) is 13.1. The molecular weight excluding hydrogens is 468 g/mol. The molecule has 4 rings (SSSR count). The zero-order valence-corrected chi connectivity index (χ0v) is 22.3. The van der Waals surface area contributed by atoms with E-state index in [1.165, 1.54) is 11.1 Å². The Labute approximate surface area is 219 Å². The first-order chi connectivity index (χ1) is 17.8. The Kier molecular flexibility index (Phi) is 8.45. The number of fused-ring (bicyclic) bond motifs is 2. The summed E-state index contributed by atoms with van der Waals surface area (Å²) in [4.78, 5) is 42.8. The number of aryl methyl sites for hydroxylation is 1. The maximum atomic E-state index is 13.5. The van der Waals surface area contributed by atoms with Crippen molar-refractivity contribution in [2.24, 2.45) is 0 Å². The Morgan fingerprint density at radius 2 is 1.68 bits per heavy atom. The summed E-state index contributed by atoms with van der Waals surface area (Å²) in [5.74, 6) is -0.287. The smallest absolute Gasteiger partial charge is 0.256 e. The predicted octanol–water partition coefficient (Wildman–Crippen LogP) is 1.89. The normalized spacial score (nSPS) is 14.5. The topological polar surface area (TPSA) is 88.2 Å². The number of hydrogen-bond acceptors (Lipinski definition) is 6. The second-order valence-electron chi connectivity index (χ2n) is 9.68. The van der Waals surface area contributed by atoms with Crippen LogP contribution in [-0.4, -0.2) is 79.0 Å². The van der Waals surface area contributed by atoms with Gasteiger partial charge < -0.3 is 20.4 Å². The summed E-state index contributed by atoms with van der Waals surface area (Å²) in [6, 6.07) is 12.1. The van der Waals surface area contributed by atoms with Crippen molar-refractivity contribution in [3.8, 4) is 0 Å². The fourth-order valence-corrected chi connectivity index (χ4v) is 5.00. The zero-order chi connectivity index (χ0) is 26.5. The molecule has 0 saturated carbocycles. The summed E-state index contributed by atoms with van der Waals surface area (Å²) in [6.45, 7) is 10.6. The van der Waals surface area contributed by atoms with Gasteiger partial charge in [-0.2, -0.15) is 0 Å². The molecular formula is C28H38N6O3. The van der Waals surface area contributed by atoms with Crippen LogP contribution in [0.15, 0.2) is 36.4 Å². The second kappa shape index (κ2) is 11.7. The van der Waals surface area contributed by atoms with Gasteiger partial charge in [0, 0.05) is 57.6 Å². The molecule has 2 N–H and O–H groups in total. The lowest BCUT2D eigenvalue weighted by molar-refractivity contribution is -0.145. The molecule has 0 atom stereocenters. The molecule has 2 aromatic rings. The summed E-state index contributed by atoms with van der Waals surface area (Å²) in [5, 5.41) is 9.79. The lowest BCUT2D eigenvalue weighted by Crippen LogP contribution is -2.48. The van der Waals surface area contributed by atoms with Gasteiger partial charge in [0.1, 0.15) is 0 Å². The molecule has 0 fully saturated rings. The number of hydrogen-bond donors (Lipinski definition) is 2. The minimum atomic E-state index is -0.164. The zero-order valence-electron chi connectivity index (χ0n) is 22.3. The summed E-state index contributed by atoms with van der Waals surface area (Å²) in [7, 11) is 1.78. The standard InChI is InChI=1S/C28H38N6O3/c1-5-29-11-12-30-26(35)18-33(25-14-24-23(13-20(25)3)15-32(6-2)28(24)37)19-27(36)31(4)34-16-21-9-7-8-10-22(21)17-34/h7-10,13-14,29H,5-6,11-12,15-19H2,1-4H3,(H,30,35). The van der Waals surface area contributed by atoms with Crippen LogP contribution in [0.2, 0.25) is 0 Å². The van der Waals surface area contributed by atoms with Crippen LogP contribution in [0.25, 0.3) is 0 Å². The van der Waals surface area contributed by atoms with Gasteiger partial charge in [0.15, 0.2) is 0 Å². The van der Waals surface area contributed by atoms with Crippen LogP contribution in [0.5, 0.6) is 0 Å². The SMILES string of the molecule is CCNCCNC(=O)CN(CC(=O)N(C)N1Cc2ccccc2C1)c1cc2c(cc1C)CN(CC)C2=O. The van der Waals surface area contributed by atoms with E-state index in [9.17, 15) is 14.4 Å². The van der Waals surface area contributed by atoms with Gasteiger partial charge in [-0.25, -0.2) is 5.01 Å². The molecule has 2 aromatic carbocycles. The third-order valence-corrected chi connectivity index (χ3v) is 7.17. The van der Waals surface area contributed by atoms with E-state index >= 15 is 0 Å². The maximum absolute atomic E-state index is 13.5. The van der Waals surface area contributed by atoms with Gasteiger partial charge in [-0.05, 0) is 48.7 Å². The molecule has 9 heteroatoms. The second-order valence-corrected chi connectivity index (χ2v) is 9.68. The Hall–Kier alpha value is -3.43. The van der Waals surface area contributed by atoms with E-state index in [-0.39, 0.29) is 30.8 Å². The van der Waals surface area contributed by atoms with Gasteiger partial charge in [-0.1, -0.05) is 37.3 Å². The molecule has 0 spiro atoms. The molecule has 0 aromatic heterocycles. The number of amides is 3. The van der Waals surface area contributed by atoms with Crippen LogP contribution in [-0.2, 0) is 29.2 Å². The van der Waals surface area contributed by atoms with E-state index in [4.69, 9.17) is 0 Å². The molecule has 0 bridgehead atoms. The summed E-state index contributed by atoms with van der Waals surface area (Å²) >= 11 is 0. The molecule has 2 aliphatic rings. The fraction of sp³-hybridized carbons (Fsp3) is 0.464. The number of benzene rings is 2. The van der Waals surface area contributed by atoms with Crippen molar-refractivity contribution in [1.82, 2.24) is 25.6 Å². The molecule has 2 aliphatic heterocycles. The number of hydrazine groups is 1. The number of anilines is 1. The Morgan fingerprint density at radius 1 is 0.973 bits per heavy atom. The van der Waals surface area contributed by atoms with Crippen molar-refractivity contribution in [2.45, 2.75) is 40.4 Å². The van der Waals surface area contributed by atoms with Crippen molar-refractivity contribution in [3.05, 3.63) is 64.2 Å². The van der Waals surface area contributed by atoms with Crippen LogP contribution in [0.1, 0.15) is 46.5 Å². The summed E-state index contributed by atoms with van der Waals surface area (Å²) in [6.07, 6.45) is 0. The third-order valence-electron chi connectivity index (χ3n) is 7.17. The van der Waals surface area contributed by atoms with Gasteiger partial charge in [-0.3, -0.25) is 19.4 Å². The minimum absolute atomic E-state index is 0.00735. The Balaban J connectivity index is 1.53. The first kappa shape index (κ1) is 26.6.